The van der Waals surface area contributed by atoms with Crippen LogP contribution in [0.3, 0.4) is 0 Å². The summed E-state index contributed by atoms with van der Waals surface area (Å²) in [5, 5.41) is 0. The fourth-order valence-corrected chi connectivity index (χ4v) is 1.83. The monoisotopic (exact) mass is 260 g/mol. The molecule has 4 heteroatoms. The van der Waals surface area contributed by atoms with Crippen molar-refractivity contribution in [1.29, 1.82) is 0 Å². The number of hydrogen-bond donors (Lipinski definition) is 1. The summed E-state index contributed by atoms with van der Waals surface area (Å²) in [7, 11) is 1.66. The van der Waals surface area contributed by atoms with E-state index in [0.717, 1.165) is 22.6 Å². The van der Waals surface area contributed by atoms with Gasteiger partial charge in [-0.05, 0) is 30.7 Å². The highest BCUT2D eigenvalue weighted by Gasteiger charge is 2.23. The summed E-state index contributed by atoms with van der Waals surface area (Å²) in [5.41, 5.74) is 8.44. The highest BCUT2D eigenvalue weighted by molar-refractivity contribution is 5.57. The molecule has 0 aliphatic carbocycles. The lowest BCUT2D eigenvalue weighted by molar-refractivity contribution is 0.411. The molecule has 0 amide bonds. The van der Waals surface area contributed by atoms with E-state index in [0.29, 0.717) is 12.4 Å². The van der Waals surface area contributed by atoms with Gasteiger partial charge in [0, 0.05) is 17.5 Å². The normalized spacial score (nSPS) is 11.6. The molecule has 2 aromatic rings. The Labute approximate surface area is 113 Å². The highest BCUT2D eigenvalue weighted by atomic mass is 16.5. The zero-order valence-corrected chi connectivity index (χ0v) is 11.9. The summed E-state index contributed by atoms with van der Waals surface area (Å²) < 4.78 is 10.8. The number of hydrogen-bond acceptors (Lipinski definition) is 4. The molecule has 1 aromatic carbocycles. The molecule has 0 radical (unpaired) electrons. The van der Waals surface area contributed by atoms with Crippen LogP contribution >= 0.6 is 0 Å². The number of benzene rings is 1. The molecule has 1 aromatic heterocycles. The van der Waals surface area contributed by atoms with Crippen molar-refractivity contribution < 1.29 is 9.15 Å². The first-order valence-corrected chi connectivity index (χ1v) is 6.29. The van der Waals surface area contributed by atoms with Gasteiger partial charge < -0.3 is 14.9 Å². The Balaban J connectivity index is 2.36. The Morgan fingerprint density at radius 1 is 1.37 bits per heavy atom. The lowest BCUT2D eigenvalue weighted by atomic mass is 9.90. The molecular formula is C15H20N2O2. The third kappa shape index (κ3) is 2.63. The number of aromatic nitrogens is 1. The first-order chi connectivity index (χ1) is 8.97. The number of rotatable bonds is 4. The zero-order chi connectivity index (χ0) is 14.0. The van der Waals surface area contributed by atoms with E-state index in [4.69, 9.17) is 14.9 Å². The number of methoxy groups -OCH3 is 1. The molecule has 1 heterocycles. The molecule has 0 aliphatic heterocycles. The van der Waals surface area contributed by atoms with Crippen molar-refractivity contribution in [3.05, 3.63) is 35.7 Å². The summed E-state index contributed by atoms with van der Waals surface area (Å²) in [5.74, 6) is 1.47. The van der Waals surface area contributed by atoms with Gasteiger partial charge in [-0.25, -0.2) is 4.98 Å². The average Bonchev–Trinajstić information content (AvgIpc) is 2.89. The third-order valence-electron chi connectivity index (χ3n) is 3.35. The molecule has 0 bridgehead atoms. The molecule has 4 nitrogen and oxygen atoms in total. The lowest BCUT2D eigenvalue weighted by Crippen LogP contribution is -2.28. The van der Waals surface area contributed by atoms with E-state index < -0.39 is 0 Å². The molecule has 2 N–H and O–H groups in total. The van der Waals surface area contributed by atoms with Crippen molar-refractivity contribution in [2.75, 3.05) is 13.7 Å². The van der Waals surface area contributed by atoms with E-state index >= 15 is 0 Å². The van der Waals surface area contributed by atoms with Crippen molar-refractivity contribution in [2.45, 2.75) is 26.2 Å². The average molecular weight is 260 g/mol. The van der Waals surface area contributed by atoms with Crippen molar-refractivity contribution in [2.24, 2.45) is 5.73 Å². The Hall–Kier alpha value is -1.81. The molecule has 0 aliphatic rings. The first kappa shape index (κ1) is 13.6. The number of ether oxygens (including phenoxy) is 1. The summed E-state index contributed by atoms with van der Waals surface area (Å²) >= 11 is 0. The summed E-state index contributed by atoms with van der Waals surface area (Å²) in [6, 6.07) is 5.86. The van der Waals surface area contributed by atoms with Crippen LogP contribution in [-0.4, -0.2) is 18.6 Å². The molecule has 2 rings (SSSR count). The standard InChI is InChI=1S/C15H20N2O2/c1-10-7-11(5-6-12(10)18-4)14-17-13(8-19-14)15(2,3)9-16/h5-8H,9,16H2,1-4H3. The fourth-order valence-electron chi connectivity index (χ4n) is 1.83. The second-order valence-electron chi connectivity index (χ2n) is 5.31. The van der Waals surface area contributed by atoms with Crippen LogP contribution in [0, 0.1) is 6.92 Å². The van der Waals surface area contributed by atoms with Crippen molar-refractivity contribution >= 4 is 0 Å². The van der Waals surface area contributed by atoms with Crippen LogP contribution in [0.25, 0.3) is 11.5 Å². The summed E-state index contributed by atoms with van der Waals surface area (Å²) in [6.07, 6.45) is 1.68. The molecule has 0 saturated heterocycles. The van der Waals surface area contributed by atoms with Gasteiger partial charge >= 0.3 is 0 Å². The van der Waals surface area contributed by atoms with Crippen LogP contribution in [0.15, 0.2) is 28.9 Å². The van der Waals surface area contributed by atoms with Crippen molar-refractivity contribution in [1.82, 2.24) is 4.98 Å². The molecule has 0 fully saturated rings. The van der Waals surface area contributed by atoms with Crippen LogP contribution in [0.1, 0.15) is 25.1 Å². The van der Waals surface area contributed by atoms with E-state index in [2.05, 4.69) is 4.98 Å². The number of nitrogens with zero attached hydrogens (tertiary/aromatic N) is 1. The molecule has 0 saturated carbocycles. The second kappa shape index (κ2) is 5.05. The third-order valence-corrected chi connectivity index (χ3v) is 3.35. The van der Waals surface area contributed by atoms with Crippen LogP contribution < -0.4 is 10.5 Å². The minimum atomic E-state index is -0.177. The number of oxazole rings is 1. The zero-order valence-electron chi connectivity index (χ0n) is 11.9. The van der Waals surface area contributed by atoms with Crippen LogP contribution in [0.2, 0.25) is 0 Å². The predicted octanol–water partition coefficient (Wildman–Crippen LogP) is 2.89. The smallest absolute Gasteiger partial charge is 0.226 e. The molecule has 0 atom stereocenters. The molecule has 19 heavy (non-hydrogen) atoms. The number of aryl methyl sites for hydroxylation is 1. The predicted molar refractivity (Wildman–Crippen MR) is 75.3 cm³/mol. The van der Waals surface area contributed by atoms with Crippen molar-refractivity contribution in [3.63, 3.8) is 0 Å². The van der Waals surface area contributed by atoms with E-state index in [9.17, 15) is 0 Å². The van der Waals surface area contributed by atoms with Gasteiger partial charge in [-0.15, -0.1) is 0 Å². The maximum Gasteiger partial charge on any atom is 0.226 e. The molecule has 102 valence electrons. The summed E-state index contributed by atoms with van der Waals surface area (Å²) in [4.78, 5) is 4.53. The van der Waals surface area contributed by atoms with Gasteiger partial charge in [0.2, 0.25) is 5.89 Å². The summed E-state index contributed by atoms with van der Waals surface area (Å²) in [6.45, 7) is 6.62. The second-order valence-corrected chi connectivity index (χ2v) is 5.31. The maximum atomic E-state index is 5.75. The van der Waals surface area contributed by atoms with E-state index in [1.54, 1.807) is 13.4 Å². The highest BCUT2D eigenvalue weighted by Crippen LogP contribution is 2.28. The Morgan fingerprint density at radius 2 is 2.11 bits per heavy atom. The van der Waals surface area contributed by atoms with Gasteiger partial charge in [-0.1, -0.05) is 13.8 Å². The SMILES string of the molecule is COc1ccc(-c2nc(C(C)(C)CN)co2)cc1C. The quantitative estimate of drug-likeness (QED) is 0.918. The topological polar surface area (TPSA) is 61.3 Å². The van der Waals surface area contributed by atoms with E-state index in [1.165, 1.54) is 0 Å². The van der Waals surface area contributed by atoms with Crippen LogP contribution in [0.5, 0.6) is 5.75 Å². The van der Waals surface area contributed by atoms with Crippen molar-refractivity contribution in [3.8, 4) is 17.2 Å². The minimum absolute atomic E-state index is 0.177. The van der Waals surface area contributed by atoms with Gasteiger partial charge in [0.1, 0.15) is 12.0 Å². The van der Waals surface area contributed by atoms with Gasteiger partial charge in [-0.2, -0.15) is 0 Å². The minimum Gasteiger partial charge on any atom is -0.496 e. The maximum absolute atomic E-state index is 5.75. The van der Waals surface area contributed by atoms with Crippen LogP contribution in [0.4, 0.5) is 0 Å². The van der Waals surface area contributed by atoms with Gasteiger partial charge in [0.25, 0.3) is 0 Å². The molecular weight excluding hydrogens is 240 g/mol. The fraction of sp³-hybridized carbons (Fsp3) is 0.400. The van der Waals surface area contributed by atoms with E-state index in [1.807, 2.05) is 39.0 Å². The van der Waals surface area contributed by atoms with Gasteiger partial charge in [0.15, 0.2) is 0 Å². The Kier molecular flexibility index (Phi) is 3.62. The van der Waals surface area contributed by atoms with Gasteiger partial charge in [-0.3, -0.25) is 0 Å². The number of nitrogens with two attached hydrogens (primary N) is 1. The largest absolute Gasteiger partial charge is 0.496 e. The van der Waals surface area contributed by atoms with Crippen LogP contribution in [-0.2, 0) is 5.41 Å². The lowest BCUT2D eigenvalue weighted by Gasteiger charge is -2.18. The molecule has 0 unspecified atom stereocenters. The first-order valence-electron chi connectivity index (χ1n) is 6.29. The Morgan fingerprint density at radius 3 is 2.68 bits per heavy atom. The van der Waals surface area contributed by atoms with Gasteiger partial charge in [0.05, 0.1) is 12.8 Å². The Bertz CT molecular complexity index is 573. The van der Waals surface area contributed by atoms with E-state index in [-0.39, 0.29) is 5.41 Å². The molecule has 0 spiro atoms.